The second-order valence-corrected chi connectivity index (χ2v) is 20.2. The van der Waals surface area contributed by atoms with Crippen LogP contribution in [-0.4, -0.2) is 37.2 Å². The van der Waals surface area contributed by atoms with E-state index >= 15 is 0 Å². The van der Waals surface area contributed by atoms with Gasteiger partial charge in [0, 0.05) is 19.3 Å². The highest BCUT2D eigenvalue weighted by molar-refractivity contribution is 5.71. The minimum Gasteiger partial charge on any atom is -0.462 e. The van der Waals surface area contributed by atoms with Crippen molar-refractivity contribution in [1.82, 2.24) is 0 Å². The molecule has 0 bridgehead atoms. The van der Waals surface area contributed by atoms with Gasteiger partial charge in [-0.1, -0.05) is 268 Å². The van der Waals surface area contributed by atoms with Crippen LogP contribution in [0.5, 0.6) is 0 Å². The van der Waals surface area contributed by atoms with Gasteiger partial charge in [-0.2, -0.15) is 0 Å². The predicted octanol–water partition coefficient (Wildman–Crippen LogP) is 20.2. The number of unbranched alkanes of at least 4 members (excludes halogenated alkanes) is 36. The van der Waals surface area contributed by atoms with Crippen molar-refractivity contribution in [2.45, 2.75) is 322 Å². The van der Waals surface area contributed by atoms with Gasteiger partial charge in [-0.25, -0.2) is 0 Å². The SMILES string of the molecule is CC/C=C\C/C=C\C/C=C\CCCCCCCC(=O)O[C@H](COC(=O)CCCCCCCCC/C=C\CCCCCC)COC(=O)CCCCCCCCCCCCCCCCCCCCCCC. The maximum absolute atomic E-state index is 12.9. The van der Waals surface area contributed by atoms with E-state index in [1.807, 2.05) is 0 Å². The van der Waals surface area contributed by atoms with Gasteiger partial charge >= 0.3 is 17.9 Å². The Labute approximate surface area is 428 Å². The van der Waals surface area contributed by atoms with E-state index in [-0.39, 0.29) is 31.1 Å². The Kier molecular flexibility index (Phi) is 55.7. The maximum Gasteiger partial charge on any atom is 0.306 e. The molecule has 0 heterocycles. The molecule has 402 valence electrons. The highest BCUT2D eigenvalue weighted by Gasteiger charge is 2.19. The molecule has 0 aromatic carbocycles. The van der Waals surface area contributed by atoms with E-state index in [9.17, 15) is 14.4 Å². The molecule has 0 rings (SSSR count). The Hall–Kier alpha value is -2.63. The molecule has 0 amide bonds. The third-order valence-corrected chi connectivity index (χ3v) is 13.3. The number of hydrogen-bond donors (Lipinski definition) is 0. The van der Waals surface area contributed by atoms with Gasteiger partial charge in [0.05, 0.1) is 0 Å². The summed E-state index contributed by atoms with van der Waals surface area (Å²) in [6.45, 7) is 6.54. The molecule has 0 saturated heterocycles. The lowest BCUT2D eigenvalue weighted by atomic mass is 10.0. The molecule has 6 nitrogen and oxygen atoms in total. The van der Waals surface area contributed by atoms with Gasteiger partial charge in [-0.15, -0.1) is 0 Å². The molecule has 0 fully saturated rings. The van der Waals surface area contributed by atoms with Crippen LogP contribution in [0.25, 0.3) is 0 Å². The topological polar surface area (TPSA) is 78.9 Å². The second-order valence-electron chi connectivity index (χ2n) is 20.2. The van der Waals surface area contributed by atoms with Gasteiger partial charge in [0.1, 0.15) is 13.2 Å². The van der Waals surface area contributed by atoms with E-state index in [2.05, 4.69) is 69.4 Å². The number of carbonyl (C=O) groups is 3. The zero-order valence-electron chi connectivity index (χ0n) is 46.1. The summed E-state index contributed by atoms with van der Waals surface area (Å²) in [6, 6.07) is 0. The zero-order valence-corrected chi connectivity index (χ0v) is 46.1. The molecule has 69 heavy (non-hydrogen) atoms. The Bertz CT molecular complexity index is 1200. The van der Waals surface area contributed by atoms with E-state index < -0.39 is 6.10 Å². The van der Waals surface area contributed by atoms with E-state index in [0.717, 1.165) is 96.3 Å². The van der Waals surface area contributed by atoms with Crippen LogP contribution in [0.2, 0.25) is 0 Å². The largest absolute Gasteiger partial charge is 0.462 e. The van der Waals surface area contributed by atoms with Crippen LogP contribution in [0.1, 0.15) is 316 Å². The smallest absolute Gasteiger partial charge is 0.306 e. The summed E-state index contributed by atoms with van der Waals surface area (Å²) in [6.07, 6.45) is 71.1. The summed E-state index contributed by atoms with van der Waals surface area (Å²) >= 11 is 0. The minimum atomic E-state index is -0.782. The van der Waals surface area contributed by atoms with Crippen LogP contribution in [0.4, 0.5) is 0 Å². The minimum absolute atomic E-state index is 0.0783. The van der Waals surface area contributed by atoms with Crippen molar-refractivity contribution >= 4 is 17.9 Å². The van der Waals surface area contributed by atoms with Gasteiger partial charge in [0.2, 0.25) is 0 Å². The first kappa shape index (κ1) is 66.4. The quantitative estimate of drug-likeness (QED) is 0.0262. The summed E-state index contributed by atoms with van der Waals surface area (Å²) in [5.74, 6) is -0.883. The van der Waals surface area contributed by atoms with Crippen molar-refractivity contribution in [3.63, 3.8) is 0 Å². The van der Waals surface area contributed by atoms with E-state index in [1.54, 1.807) is 0 Å². The van der Waals surface area contributed by atoms with Crippen molar-refractivity contribution in [3.8, 4) is 0 Å². The average Bonchev–Trinajstić information content (AvgIpc) is 3.35. The number of rotatable bonds is 55. The fraction of sp³-hybridized carbons (Fsp3) is 0.825. The number of allylic oxidation sites excluding steroid dienone is 8. The molecule has 0 aliphatic carbocycles. The van der Waals surface area contributed by atoms with E-state index in [0.29, 0.717) is 19.3 Å². The fourth-order valence-electron chi connectivity index (χ4n) is 8.81. The van der Waals surface area contributed by atoms with Gasteiger partial charge in [0.25, 0.3) is 0 Å². The van der Waals surface area contributed by atoms with Crippen molar-refractivity contribution in [2.24, 2.45) is 0 Å². The molecule has 0 radical (unpaired) electrons. The Balaban J connectivity index is 4.32. The van der Waals surface area contributed by atoms with E-state index in [1.165, 1.54) is 180 Å². The molecule has 0 saturated carbocycles. The van der Waals surface area contributed by atoms with Crippen molar-refractivity contribution in [2.75, 3.05) is 13.2 Å². The first-order valence-corrected chi connectivity index (χ1v) is 30.1. The van der Waals surface area contributed by atoms with Crippen molar-refractivity contribution in [1.29, 1.82) is 0 Å². The van der Waals surface area contributed by atoms with Gasteiger partial charge in [0.15, 0.2) is 6.10 Å². The summed E-state index contributed by atoms with van der Waals surface area (Å²) in [4.78, 5) is 38.2. The monoisotopic (exact) mass is 967 g/mol. The molecular weight excluding hydrogens is 853 g/mol. The van der Waals surface area contributed by atoms with Gasteiger partial charge in [-0.3, -0.25) is 14.4 Å². The molecule has 6 heteroatoms. The van der Waals surface area contributed by atoms with Gasteiger partial charge < -0.3 is 14.2 Å². The molecule has 0 spiro atoms. The Morgan fingerprint density at radius 2 is 0.565 bits per heavy atom. The molecule has 1 atom stereocenters. The first-order valence-electron chi connectivity index (χ1n) is 30.1. The average molecular weight is 968 g/mol. The standard InChI is InChI=1S/C63H114O6/c1-4-7-10-13-16-19-22-25-28-29-30-31-32-33-36-38-41-44-47-50-53-56-62(65)68-59-60(69-63(66)57-54-51-48-45-42-39-35-27-24-21-18-15-12-9-6-3)58-67-61(64)55-52-49-46-43-40-37-34-26-23-20-17-14-11-8-5-2/h9,12,18,20-21,23,27,35,60H,4-8,10-11,13-17,19,22,24-26,28-34,36-59H2,1-3H3/b12-9-,21-18-,23-20-,35-27-/t60-/m1/s1. The molecule has 0 N–H and O–H groups in total. The molecular formula is C63H114O6. The number of ether oxygens (including phenoxy) is 3. The summed E-state index contributed by atoms with van der Waals surface area (Å²) in [5.41, 5.74) is 0. The summed E-state index contributed by atoms with van der Waals surface area (Å²) < 4.78 is 16.9. The lowest BCUT2D eigenvalue weighted by Gasteiger charge is -2.18. The third-order valence-electron chi connectivity index (χ3n) is 13.3. The molecule has 0 unspecified atom stereocenters. The lowest BCUT2D eigenvalue weighted by Crippen LogP contribution is -2.30. The zero-order chi connectivity index (χ0) is 50.0. The maximum atomic E-state index is 12.9. The van der Waals surface area contributed by atoms with Gasteiger partial charge in [-0.05, 0) is 77.0 Å². The van der Waals surface area contributed by atoms with Crippen LogP contribution in [-0.2, 0) is 28.6 Å². The summed E-state index contributed by atoms with van der Waals surface area (Å²) in [5, 5.41) is 0. The fourth-order valence-corrected chi connectivity index (χ4v) is 8.81. The number of hydrogen-bond acceptors (Lipinski definition) is 6. The first-order chi connectivity index (χ1) is 34.0. The van der Waals surface area contributed by atoms with Crippen molar-refractivity contribution in [3.05, 3.63) is 48.6 Å². The van der Waals surface area contributed by atoms with Crippen LogP contribution < -0.4 is 0 Å². The second kappa shape index (κ2) is 57.9. The normalized spacial score (nSPS) is 12.3. The molecule has 0 aromatic rings. The predicted molar refractivity (Wildman–Crippen MR) is 298 cm³/mol. The van der Waals surface area contributed by atoms with Crippen molar-refractivity contribution < 1.29 is 28.6 Å². The Morgan fingerprint density at radius 3 is 0.913 bits per heavy atom. The van der Waals surface area contributed by atoms with Crippen LogP contribution >= 0.6 is 0 Å². The summed E-state index contributed by atoms with van der Waals surface area (Å²) in [7, 11) is 0. The number of carbonyl (C=O) groups excluding carboxylic acids is 3. The van der Waals surface area contributed by atoms with Crippen LogP contribution in [0.15, 0.2) is 48.6 Å². The van der Waals surface area contributed by atoms with E-state index in [4.69, 9.17) is 14.2 Å². The number of esters is 3. The van der Waals surface area contributed by atoms with Crippen LogP contribution in [0, 0.1) is 0 Å². The van der Waals surface area contributed by atoms with Crippen LogP contribution in [0.3, 0.4) is 0 Å². The highest BCUT2D eigenvalue weighted by Crippen LogP contribution is 2.17. The lowest BCUT2D eigenvalue weighted by molar-refractivity contribution is -0.167. The molecule has 0 aliphatic heterocycles. The third kappa shape index (κ3) is 56.2. The highest BCUT2D eigenvalue weighted by atomic mass is 16.6. The Morgan fingerprint density at radius 1 is 0.304 bits per heavy atom. The molecule has 0 aliphatic rings. The molecule has 0 aromatic heterocycles.